The maximum Gasteiger partial charge on any atom is 0.252 e. The molecule has 3 N–H and O–H groups in total. The van der Waals surface area contributed by atoms with Crippen molar-refractivity contribution in [3.63, 3.8) is 0 Å². The third-order valence-electron chi connectivity index (χ3n) is 3.56. The van der Waals surface area contributed by atoms with Crippen LogP contribution in [0.15, 0.2) is 22.7 Å². The van der Waals surface area contributed by atoms with E-state index in [9.17, 15) is 4.79 Å². The fraction of sp³-hybridized carbons (Fsp3) is 0.429. The Hall–Kier alpha value is -0.940. The van der Waals surface area contributed by atoms with E-state index < -0.39 is 0 Å². The molecule has 2 unspecified atom stereocenters. The van der Waals surface area contributed by atoms with Gasteiger partial charge in [-0.25, -0.2) is 0 Å². The molecule has 0 spiro atoms. The SMILES string of the molecule is Cc1ccc(Br)c(C(=O)NC2CCCC2C(N)=S)c1. The van der Waals surface area contributed by atoms with Crippen molar-refractivity contribution in [3.05, 3.63) is 33.8 Å². The van der Waals surface area contributed by atoms with Gasteiger partial charge in [-0.3, -0.25) is 4.79 Å². The maximum atomic E-state index is 12.3. The highest BCUT2D eigenvalue weighted by molar-refractivity contribution is 9.10. The quantitative estimate of drug-likeness (QED) is 0.831. The molecular weight excluding hydrogens is 324 g/mol. The second-order valence-corrected chi connectivity index (χ2v) is 6.33. The molecule has 2 rings (SSSR count). The first-order chi connectivity index (χ1) is 8.99. The first kappa shape index (κ1) is 14.5. The van der Waals surface area contributed by atoms with E-state index in [0.717, 1.165) is 29.3 Å². The lowest BCUT2D eigenvalue weighted by Crippen LogP contribution is -2.41. The molecular formula is C14H17BrN2OS. The first-order valence-corrected chi connectivity index (χ1v) is 7.55. The summed E-state index contributed by atoms with van der Waals surface area (Å²) in [5, 5.41) is 3.06. The van der Waals surface area contributed by atoms with Crippen molar-refractivity contribution in [1.29, 1.82) is 0 Å². The molecule has 0 aromatic heterocycles. The van der Waals surface area contributed by atoms with Crippen LogP contribution in [-0.4, -0.2) is 16.9 Å². The van der Waals surface area contributed by atoms with Crippen LogP contribution in [0.2, 0.25) is 0 Å². The van der Waals surface area contributed by atoms with E-state index in [1.54, 1.807) is 0 Å². The summed E-state index contributed by atoms with van der Waals surface area (Å²) in [6, 6.07) is 5.81. The zero-order chi connectivity index (χ0) is 14.0. The highest BCUT2D eigenvalue weighted by Gasteiger charge is 2.30. The fourth-order valence-corrected chi connectivity index (χ4v) is 3.24. The van der Waals surface area contributed by atoms with E-state index in [2.05, 4.69) is 21.2 Å². The van der Waals surface area contributed by atoms with E-state index >= 15 is 0 Å². The number of amides is 1. The molecule has 1 fully saturated rings. The van der Waals surface area contributed by atoms with Crippen molar-refractivity contribution in [2.45, 2.75) is 32.2 Å². The molecule has 102 valence electrons. The number of benzene rings is 1. The van der Waals surface area contributed by atoms with Gasteiger partial charge in [-0.05, 0) is 47.8 Å². The van der Waals surface area contributed by atoms with Gasteiger partial charge in [0.25, 0.3) is 5.91 Å². The molecule has 0 bridgehead atoms. The summed E-state index contributed by atoms with van der Waals surface area (Å²) in [7, 11) is 0. The van der Waals surface area contributed by atoms with Crippen LogP contribution >= 0.6 is 28.1 Å². The molecule has 1 aromatic rings. The number of thiocarbonyl (C=S) groups is 1. The van der Waals surface area contributed by atoms with Gasteiger partial charge in [0, 0.05) is 16.4 Å². The van der Waals surface area contributed by atoms with Crippen LogP contribution in [0.5, 0.6) is 0 Å². The van der Waals surface area contributed by atoms with Crippen LogP contribution in [0, 0.1) is 12.8 Å². The lowest BCUT2D eigenvalue weighted by Gasteiger charge is -2.20. The fourth-order valence-electron chi connectivity index (χ4n) is 2.53. The zero-order valence-electron chi connectivity index (χ0n) is 10.8. The zero-order valence-corrected chi connectivity index (χ0v) is 13.2. The number of carbonyl (C=O) groups excluding carboxylic acids is 1. The average molecular weight is 341 g/mol. The van der Waals surface area contributed by atoms with E-state index in [1.165, 1.54) is 0 Å². The second-order valence-electron chi connectivity index (χ2n) is 5.00. The molecule has 0 heterocycles. The van der Waals surface area contributed by atoms with Gasteiger partial charge in [-0.1, -0.05) is 30.3 Å². The second kappa shape index (κ2) is 6.01. The van der Waals surface area contributed by atoms with E-state index in [-0.39, 0.29) is 17.9 Å². The molecule has 1 aromatic carbocycles. The van der Waals surface area contributed by atoms with Crippen molar-refractivity contribution in [1.82, 2.24) is 5.32 Å². The van der Waals surface area contributed by atoms with Gasteiger partial charge < -0.3 is 11.1 Å². The number of carbonyl (C=O) groups is 1. The average Bonchev–Trinajstić information content (AvgIpc) is 2.80. The summed E-state index contributed by atoms with van der Waals surface area (Å²) in [4.78, 5) is 12.8. The number of nitrogens with two attached hydrogens (primary N) is 1. The normalized spacial score (nSPS) is 22.2. The Morgan fingerprint density at radius 2 is 2.21 bits per heavy atom. The van der Waals surface area contributed by atoms with Crippen molar-refractivity contribution in [3.8, 4) is 0 Å². The smallest absolute Gasteiger partial charge is 0.252 e. The minimum absolute atomic E-state index is 0.0660. The van der Waals surface area contributed by atoms with Gasteiger partial charge in [0.2, 0.25) is 0 Å². The van der Waals surface area contributed by atoms with Crippen LogP contribution in [0.3, 0.4) is 0 Å². The molecule has 5 heteroatoms. The Morgan fingerprint density at radius 3 is 2.89 bits per heavy atom. The molecule has 3 nitrogen and oxygen atoms in total. The van der Waals surface area contributed by atoms with E-state index in [0.29, 0.717) is 10.6 Å². The molecule has 0 saturated heterocycles. The molecule has 1 aliphatic rings. The number of rotatable bonds is 3. The minimum Gasteiger partial charge on any atom is -0.393 e. The third-order valence-corrected chi connectivity index (χ3v) is 4.56. The number of hydrogen-bond donors (Lipinski definition) is 2. The standard InChI is InChI=1S/C14H17BrN2OS/c1-8-5-6-11(15)10(7-8)14(18)17-12-4-2-3-9(12)13(16)19/h5-7,9,12H,2-4H2,1H3,(H2,16,19)(H,17,18). The van der Waals surface area contributed by atoms with Gasteiger partial charge in [-0.2, -0.15) is 0 Å². The Labute approximate surface area is 127 Å². The van der Waals surface area contributed by atoms with Crippen molar-refractivity contribution >= 4 is 39.0 Å². The summed E-state index contributed by atoms with van der Waals surface area (Å²) in [5.41, 5.74) is 7.45. The van der Waals surface area contributed by atoms with Crippen molar-refractivity contribution in [2.24, 2.45) is 11.7 Å². The van der Waals surface area contributed by atoms with Gasteiger partial charge in [0.1, 0.15) is 0 Å². The maximum absolute atomic E-state index is 12.3. The Bertz CT molecular complexity index is 518. The largest absolute Gasteiger partial charge is 0.393 e. The molecule has 19 heavy (non-hydrogen) atoms. The summed E-state index contributed by atoms with van der Waals surface area (Å²) in [6.07, 6.45) is 2.97. The van der Waals surface area contributed by atoms with Crippen LogP contribution in [0.1, 0.15) is 35.2 Å². The van der Waals surface area contributed by atoms with Crippen LogP contribution < -0.4 is 11.1 Å². The number of nitrogens with one attached hydrogen (secondary N) is 1. The van der Waals surface area contributed by atoms with Crippen molar-refractivity contribution in [2.75, 3.05) is 0 Å². The summed E-state index contributed by atoms with van der Waals surface area (Å²) >= 11 is 8.48. The van der Waals surface area contributed by atoms with Gasteiger partial charge in [-0.15, -0.1) is 0 Å². The molecule has 1 aliphatic carbocycles. The van der Waals surface area contributed by atoms with Crippen LogP contribution in [0.25, 0.3) is 0 Å². The number of hydrogen-bond acceptors (Lipinski definition) is 2. The topological polar surface area (TPSA) is 55.1 Å². The molecule has 1 saturated carbocycles. The van der Waals surface area contributed by atoms with Gasteiger partial charge in [0.05, 0.1) is 10.6 Å². The van der Waals surface area contributed by atoms with Crippen LogP contribution in [0.4, 0.5) is 0 Å². The summed E-state index contributed by atoms with van der Waals surface area (Å²) < 4.78 is 0.806. The Kier molecular flexibility index (Phi) is 4.58. The number of halogens is 1. The highest BCUT2D eigenvalue weighted by Crippen LogP contribution is 2.27. The third kappa shape index (κ3) is 3.34. The number of aryl methyl sites for hydroxylation is 1. The predicted molar refractivity (Wildman–Crippen MR) is 84.3 cm³/mol. The minimum atomic E-state index is -0.0660. The monoisotopic (exact) mass is 340 g/mol. The van der Waals surface area contributed by atoms with Crippen LogP contribution in [-0.2, 0) is 0 Å². The van der Waals surface area contributed by atoms with E-state index in [4.69, 9.17) is 18.0 Å². The Balaban J connectivity index is 2.12. The first-order valence-electron chi connectivity index (χ1n) is 6.35. The summed E-state index contributed by atoms with van der Waals surface area (Å²) in [6.45, 7) is 1.97. The molecule has 0 radical (unpaired) electrons. The van der Waals surface area contributed by atoms with Gasteiger partial charge >= 0.3 is 0 Å². The molecule has 0 aliphatic heterocycles. The Morgan fingerprint density at radius 1 is 1.47 bits per heavy atom. The molecule has 2 atom stereocenters. The van der Waals surface area contributed by atoms with Gasteiger partial charge in [0.15, 0.2) is 0 Å². The molecule has 1 amide bonds. The predicted octanol–water partition coefficient (Wildman–Crippen LogP) is 2.94. The van der Waals surface area contributed by atoms with Crippen molar-refractivity contribution < 1.29 is 4.79 Å². The highest BCUT2D eigenvalue weighted by atomic mass is 79.9. The lowest BCUT2D eigenvalue weighted by atomic mass is 10.0. The lowest BCUT2D eigenvalue weighted by molar-refractivity contribution is 0.0933. The summed E-state index contributed by atoms with van der Waals surface area (Å²) in [5.74, 6) is 0.0614. The van der Waals surface area contributed by atoms with E-state index in [1.807, 2.05) is 25.1 Å².